The minimum absolute atomic E-state index is 0.0183. The fourth-order valence-electron chi connectivity index (χ4n) is 1.64. The van der Waals surface area contributed by atoms with Crippen LogP contribution in [0.1, 0.15) is 22.3 Å². The van der Waals surface area contributed by atoms with Crippen LogP contribution in [0.25, 0.3) is 0 Å². The first-order chi connectivity index (χ1) is 9.56. The maximum absolute atomic E-state index is 11.8. The summed E-state index contributed by atoms with van der Waals surface area (Å²) in [6.07, 6.45) is 0.727. The van der Waals surface area contributed by atoms with Gasteiger partial charge in [-0.05, 0) is 25.5 Å². The van der Waals surface area contributed by atoms with Crippen LogP contribution in [0.4, 0.5) is 5.69 Å². The molecule has 0 spiro atoms. The number of carbonyl (C=O) groups excluding carboxylic acids is 1. The predicted molar refractivity (Wildman–Crippen MR) is 79.4 cm³/mol. The zero-order valence-corrected chi connectivity index (χ0v) is 12.8. The molecule has 0 aromatic heterocycles. The minimum Gasteiger partial charge on any atom is -0.381 e. The van der Waals surface area contributed by atoms with E-state index < -0.39 is 4.92 Å². The second kappa shape index (κ2) is 8.65. The maximum atomic E-state index is 11.8. The summed E-state index contributed by atoms with van der Waals surface area (Å²) < 4.78 is 5.26. The molecule has 0 atom stereocenters. The number of nitrogens with one attached hydrogen (secondary N) is 1. The van der Waals surface area contributed by atoms with Gasteiger partial charge in [0.2, 0.25) is 0 Å². The summed E-state index contributed by atoms with van der Waals surface area (Å²) in [5.74, 6) is -0.233. The number of halogens is 1. The number of amides is 1. The van der Waals surface area contributed by atoms with E-state index in [0.717, 1.165) is 11.8 Å². The summed E-state index contributed by atoms with van der Waals surface area (Å²) in [5.41, 5.74) is 0.919. The van der Waals surface area contributed by atoms with Crippen molar-refractivity contribution in [3.05, 3.63) is 39.4 Å². The van der Waals surface area contributed by atoms with Gasteiger partial charge < -0.3 is 10.1 Å². The van der Waals surface area contributed by atoms with Crippen LogP contribution in [-0.2, 0) is 4.74 Å². The van der Waals surface area contributed by atoms with E-state index in [1.54, 1.807) is 6.92 Å². The number of carbonyl (C=O) groups is 1. The summed E-state index contributed by atoms with van der Waals surface area (Å²) in [5, 5.41) is 14.2. The largest absolute Gasteiger partial charge is 0.381 e. The Labute approximate surface area is 125 Å². The molecule has 0 radical (unpaired) electrons. The predicted octanol–water partition coefficient (Wildman–Crippen LogP) is 2.43. The van der Waals surface area contributed by atoms with E-state index in [2.05, 4.69) is 21.2 Å². The Morgan fingerprint density at radius 1 is 1.45 bits per heavy atom. The SMILES string of the molecule is Cc1cc(C(=O)NCCCOCCBr)ccc1[N+](=O)[O-]. The molecule has 1 N–H and O–H groups in total. The standard InChI is InChI=1S/C13H17BrN2O4/c1-10-9-11(3-4-12(10)16(18)19)13(17)15-6-2-7-20-8-5-14/h3-4,9H,2,5-8H2,1H3,(H,15,17). The van der Waals surface area contributed by atoms with Crippen molar-refractivity contribution in [2.75, 3.05) is 25.1 Å². The molecule has 0 bridgehead atoms. The van der Waals surface area contributed by atoms with Gasteiger partial charge in [-0.15, -0.1) is 0 Å². The molecule has 20 heavy (non-hydrogen) atoms. The first-order valence-corrected chi connectivity index (χ1v) is 7.35. The van der Waals surface area contributed by atoms with Gasteiger partial charge in [-0.2, -0.15) is 0 Å². The summed E-state index contributed by atoms with van der Waals surface area (Å²) in [4.78, 5) is 22.1. The average Bonchev–Trinajstić information content (AvgIpc) is 2.41. The molecule has 110 valence electrons. The van der Waals surface area contributed by atoms with E-state index >= 15 is 0 Å². The number of nitro groups is 1. The van der Waals surface area contributed by atoms with Gasteiger partial charge in [0.1, 0.15) is 0 Å². The fraction of sp³-hybridized carbons (Fsp3) is 0.462. The molecule has 0 unspecified atom stereocenters. The lowest BCUT2D eigenvalue weighted by atomic mass is 10.1. The van der Waals surface area contributed by atoms with Crippen LogP contribution >= 0.6 is 15.9 Å². The molecule has 7 heteroatoms. The van der Waals surface area contributed by atoms with Crippen LogP contribution in [0, 0.1) is 17.0 Å². The van der Waals surface area contributed by atoms with Gasteiger partial charge in [0.25, 0.3) is 11.6 Å². The maximum Gasteiger partial charge on any atom is 0.272 e. The van der Waals surface area contributed by atoms with Crippen molar-refractivity contribution in [3.8, 4) is 0 Å². The van der Waals surface area contributed by atoms with Crippen LogP contribution in [0.3, 0.4) is 0 Å². The van der Waals surface area contributed by atoms with Crippen LogP contribution in [0.5, 0.6) is 0 Å². The van der Waals surface area contributed by atoms with Crippen molar-refractivity contribution in [1.29, 1.82) is 0 Å². The first kappa shape index (κ1) is 16.6. The molecule has 1 aromatic rings. The molecule has 0 saturated carbocycles. The van der Waals surface area contributed by atoms with Gasteiger partial charge in [-0.3, -0.25) is 14.9 Å². The number of rotatable bonds is 8. The number of aryl methyl sites for hydroxylation is 1. The highest BCUT2D eigenvalue weighted by molar-refractivity contribution is 9.09. The van der Waals surface area contributed by atoms with Crippen molar-refractivity contribution < 1.29 is 14.5 Å². The van der Waals surface area contributed by atoms with E-state index in [0.29, 0.717) is 30.9 Å². The van der Waals surface area contributed by atoms with Crippen molar-refractivity contribution in [2.24, 2.45) is 0 Å². The number of hydrogen-bond donors (Lipinski definition) is 1. The van der Waals surface area contributed by atoms with Crippen LogP contribution in [0.2, 0.25) is 0 Å². The Morgan fingerprint density at radius 2 is 2.20 bits per heavy atom. The van der Waals surface area contributed by atoms with Crippen molar-refractivity contribution >= 4 is 27.5 Å². The second-order valence-electron chi connectivity index (χ2n) is 4.17. The fourth-order valence-corrected chi connectivity index (χ4v) is 1.87. The highest BCUT2D eigenvalue weighted by Gasteiger charge is 2.13. The lowest BCUT2D eigenvalue weighted by Gasteiger charge is -2.06. The van der Waals surface area contributed by atoms with Gasteiger partial charge in [0.05, 0.1) is 11.5 Å². The summed E-state index contributed by atoms with van der Waals surface area (Å²) in [7, 11) is 0. The molecule has 1 amide bonds. The molecule has 0 fully saturated rings. The van der Waals surface area contributed by atoms with E-state index in [4.69, 9.17) is 4.74 Å². The third-order valence-corrected chi connectivity index (χ3v) is 2.95. The Hall–Kier alpha value is -1.47. The lowest BCUT2D eigenvalue weighted by molar-refractivity contribution is -0.385. The highest BCUT2D eigenvalue weighted by Crippen LogP contribution is 2.18. The zero-order valence-electron chi connectivity index (χ0n) is 11.2. The molecule has 0 aliphatic heterocycles. The van der Waals surface area contributed by atoms with Gasteiger partial charge in [-0.25, -0.2) is 0 Å². The van der Waals surface area contributed by atoms with Gasteiger partial charge in [0.15, 0.2) is 0 Å². The zero-order chi connectivity index (χ0) is 15.0. The molecule has 0 heterocycles. The minimum atomic E-state index is -0.460. The Morgan fingerprint density at radius 3 is 2.80 bits per heavy atom. The van der Waals surface area contributed by atoms with E-state index in [1.165, 1.54) is 18.2 Å². The molecule has 1 rings (SSSR count). The van der Waals surface area contributed by atoms with Crippen molar-refractivity contribution in [1.82, 2.24) is 5.32 Å². The number of alkyl halides is 1. The van der Waals surface area contributed by atoms with E-state index in [-0.39, 0.29) is 11.6 Å². The average molecular weight is 345 g/mol. The molecule has 0 aliphatic carbocycles. The number of ether oxygens (including phenoxy) is 1. The summed E-state index contributed by atoms with van der Waals surface area (Å²) in [6.45, 7) is 3.36. The Kier molecular flexibility index (Phi) is 7.17. The molecule has 1 aromatic carbocycles. The second-order valence-corrected chi connectivity index (χ2v) is 4.96. The Balaban J connectivity index is 2.44. The monoisotopic (exact) mass is 344 g/mol. The smallest absolute Gasteiger partial charge is 0.272 e. The summed E-state index contributed by atoms with van der Waals surface area (Å²) >= 11 is 3.25. The highest BCUT2D eigenvalue weighted by atomic mass is 79.9. The van der Waals surface area contributed by atoms with Crippen molar-refractivity contribution in [3.63, 3.8) is 0 Å². The van der Waals surface area contributed by atoms with E-state index in [1.807, 2.05) is 0 Å². The normalized spacial score (nSPS) is 10.3. The van der Waals surface area contributed by atoms with Crippen LogP contribution < -0.4 is 5.32 Å². The van der Waals surface area contributed by atoms with Gasteiger partial charge >= 0.3 is 0 Å². The quantitative estimate of drug-likeness (QED) is 0.340. The van der Waals surface area contributed by atoms with Crippen LogP contribution in [-0.4, -0.2) is 35.9 Å². The molecule has 0 saturated heterocycles. The Bertz CT molecular complexity index is 479. The number of hydrogen-bond acceptors (Lipinski definition) is 4. The molecule has 6 nitrogen and oxygen atoms in total. The van der Waals surface area contributed by atoms with Crippen molar-refractivity contribution in [2.45, 2.75) is 13.3 Å². The van der Waals surface area contributed by atoms with Gasteiger partial charge in [-0.1, -0.05) is 15.9 Å². The third kappa shape index (κ3) is 5.26. The molecular formula is C13H17BrN2O4. The summed E-state index contributed by atoms with van der Waals surface area (Å²) in [6, 6.07) is 4.33. The first-order valence-electron chi connectivity index (χ1n) is 6.23. The van der Waals surface area contributed by atoms with E-state index in [9.17, 15) is 14.9 Å². The number of nitro benzene ring substituents is 1. The molecular weight excluding hydrogens is 328 g/mol. The topological polar surface area (TPSA) is 81.5 Å². The number of benzene rings is 1. The van der Waals surface area contributed by atoms with Gasteiger partial charge in [0, 0.05) is 35.7 Å². The van der Waals surface area contributed by atoms with Crippen LogP contribution in [0.15, 0.2) is 18.2 Å². The number of nitrogens with zero attached hydrogens (tertiary/aromatic N) is 1. The third-order valence-electron chi connectivity index (χ3n) is 2.63. The lowest BCUT2D eigenvalue weighted by Crippen LogP contribution is -2.25. The molecule has 0 aliphatic rings.